The minimum Gasteiger partial charge on any atom is -0.369 e. The third kappa shape index (κ3) is 3.98. The molecule has 0 atom stereocenters. The third-order valence-corrected chi connectivity index (χ3v) is 3.79. The highest BCUT2D eigenvalue weighted by molar-refractivity contribution is 7.89. The van der Waals surface area contributed by atoms with Gasteiger partial charge in [0.2, 0.25) is 10.0 Å². The maximum absolute atomic E-state index is 11.7. The molecule has 1 amide bonds. The molecule has 0 spiro atoms. The molecule has 0 saturated heterocycles. The second kappa shape index (κ2) is 5.24. The largest absolute Gasteiger partial charge is 0.369 e. The van der Waals surface area contributed by atoms with Crippen LogP contribution < -0.4 is 15.8 Å². The fraction of sp³-hybridized carbons (Fsp3) is 0.273. The van der Waals surface area contributed by atoms with Gasteiger partial charge >= 0.3 is 0 Å². The number of amides is 1. The summed E-state index contributed by atoms with van der Waals surface area (Å²) in [5.74, 6) is -0.412. The molecule has 1 fully saturated rings. The summed E-state index contributed by atoms with van der Waals surface area (Å²) in [4.78, 5) is 11.8. The number of hydrogen-bond acceptors (Lipinski definition) is 4. The van der Waals surface area contributed by atoms with Crippen LogP contribution in [0.2, 0.25) is 0 Å². The molecule has 1 aromatic rings. The van der Waals surface area contributed by atoms with Crippen molar-refractivity contribution in [1.82, 2.24) is 5.32 Å². The van der Waals surface area contributed by atoms with Crippen molar-refractivity contribution in [3.8, 4) is 0 Å². The maximum atomic E-state index is 11.7. The number of carbonyl (C=O) groups is 1. The number of carbonyl (C=O) groups excluding carboxylic acids is 1. The molecule has 102 valence electrons. The SMILES string of the molecule is NS(=O)(=O)c1ccc(NC(=O)C(=S)NC2CC2)cc1. The summed E-state index contributed by atoms with van der Waals surface area (Å²) in [5, 5.41) is 10.5. The van der Waals surface area contributed by atoms with E-state index in [1.807, 2.05) is 0 Å². The highest BCUT2D eigenvalue weighted by Gasteiger charge is 2.24. The summed E-state index contributed by atoms with van der Waals surface area (Å²) in [6.07, 6.45) is 2.05. The number of nitrogens with one attached hydrogen (secondary N) is 2. The van der Waals surface area contributed by atoms with Gasteiger partial charge in [-0.05, 0) is 37.1 Å². The number of thiocarbonyl (C=S) groups is 1. The molecule has 2 rings (SSSR count). The first-order valence-electron chi connectivity index (χ1n) is 5.61. The van der Waals surface area contributed by atoms with Crippen molar-refractivity contribution < 1.29 is 13.2 Å². The van der Waals surface area contributed by atoms with Crippen LogP contribution in [0.5, 0.6) is 0 Å². The van der Waals surface area contributed by atoms with Crippen molar-refractivity contribution in [3.63, 3.8) is 0 Å². The van der Waals surface area contributed by atoms with E-state index in [0.29, 0.717) is 11.7 Å². The number of benzene rings is 1. The van der Waals surface area contributed by atoms with Gasteiger partial charge in [0.25, 0.3) is 5.91 Å². The van der Waals surface area contributed by atoms with E-state index in [1.165, 1.54) is 24.3 Å². The average molecular weight is 299 g/mol. The summed E-state index contributed by atoms with van der Waals surface area (Å²) in [5.41, 5.74) is 0.456. The topological polar surface area (TPSA) is 101 Å². The Hall–Kier alpha value is -1.51. The van der Waals surface area contributed by atoms with Crippen molar-refractivity contribution in [3.05, 3.63) is 24.3 Å². The van der Waals surface area contributed by atoms with Gasteiger partial charge in [-0.2, -0.15) is 0 Å². The van der Waals surface area contributed by atoms with E-state index in [0.717, 1.165) is 12.8 Å². The Morgan fingerprint density at radius 1 is 1.26 bits per heavy atom. The quantitative estimate of drug-likeness (QED) is 0.699. The predicted molar refractivity (Wildman–Crippen MR) is 75.2 cm³/mol. The van der Waals surface area contributed by atoms with Crippen LogP contribution in [0.15, 0.2) is 29.2 Å². The lowest BCUT2D eigenvalue weighted by Crippen LogP contribution is -2.35. The van der Waals surface area contributed by atoms with Crippen LogP contribution in [0.1, 0.15) is 12.8 Å². The highest BCUT2D eigenvalue weighted by Crippen LogP contribution is 2.19. The third-order valence-electron chi connectivity index (χ3n) is 2.56. The minimum atomic E-state index is -3.72. The smallest absolute Gasteiger partial charge is 0.283 e. The summed E-state index contributed by atoms with van der Waals surface area (Å²) in [6.45, 7) is 0. The second-order valence-electron chi connectivity index (χ2n) is 4.27. The van der Waals surface area contributed by atoms with Gasteiger partial charge < -0.3 is 10.6 Å². The maximum Gasteiger partial charge on any atom is 0.283 e. The van der Waals surface area contributed by atoms with E-state index in [2.05, 4.69) is 10.6 Å². The Morgan fingerprint density at radius 3 is 2.32 bits per heavy atom. The van der Waals surface area contributed by atoms with Crippen LogP contribution in [-0.2, 0) is 14.8 Å². The molecule has 19 heavy (non-hydrogen) atoms. The number of sulfonamides is 1. The summed E-state index contributed by atoms with van der Waals surface area (Å²) >= 11 is 4.94. The molecule has 1 aliphatic carbocycles. The Bertz CT molecular complexity index is 607. The molecule has 0 aromatic heterocycles. The molecule has 1 saturated carbocycles. The van der Waals surface area contributed by atoms with E-state index in [4.69, 9.17) is 17.4 Å². The average Bonchev–Trinajstić information content (AvgIpc) is 3.12. The second-order valence-corrected chi connectivity index (χ2v) is 6.24. The highest BCUT2D eigenvalue weighted by atomic mass is 32.2. The van der Waals surface area contributed by atoms with E-state index in [9.17, 15) is 13.2 Å². The molecule has 1 aliphatic rings. The summed E-state index contributed by atoms with van der Waals surface area (Å²) < 4.78 is 22.1. The molecular weight excluding hydrogens is 286 g/mol. The zero-order valence-electron chi connectivity index (χ0n) is 9.92. The van der Waals surface area contributed by atoms with E-state index in [1.54, 1.807) is 0 Å². The molecular formula is C11H13N3O3S2. The monoisotopic (exact) mass is 299 g/mol. The number of primary sulfonamides is 1. The number of nitrogens with two attached hydrogens (primary N) is 1. The van der Waals surface area contributed by atoms with Crippen LogP contribution in [0.25, 0.3) is 0 Å². The normalized spacial score (nSPS) is 14.8. The zero-order chi connectivity index (χ0) is 14.0. The first-order valence-corrected chi connectivity index (χ1v) is 7.56. The number of rotatable bonds is 3. The van der Waals surface area contributed by atoms with Gasteiger partial charge in [0.1, 0.15) is 0 Å². The molecule has 6 nitrogen and oxygen atoms in total. The van der Waals surface area contributed by atoms with Crippen molar-refractivity contribution >= 4 is 38.8 Å². The number of hydrogen-bond donors (Lipinski definition) is 3. The van der Waals surface area contributed by atoms with Gasteiger partial charge in [0.05, 0.1) is 4.90 Å². The standard InChI is InChI=1S/C11H13N3O3S2/c12-19(16,17)9-5-3-7(4-6-9)13-10(15)11(18)14-8-1-2-8/h3-6,8H,1-2H2,(H,13,15)(H,14,18)(H2,12,16,17). The molecule has 0 heterocycles. The zero-order valence-corrected chi connectivity index (χ0v) is 11.6. The Labute approximate surface area is 116 Å². The molecule has 8 heteroatoms. The molecule has 4 N–H and O–H groups in total. The fourth-order valence-corrected chi connectivity index (χ4v) is 2.13. The molecule has 1 aromatic carbocycles. The lowest BCUT2D eigenvalue weighted by molar-refractivity contribution is -0.110. The van der Waals surface area contributed by atoms with Gasteiger partial charge in [0.15, 0.2) is 4.99 Å². The minimum absolute atomic E-state index is 0.0100. The van der Waals surface area contributed by atoms with Crippen molar-refractivity contribution in [2.75, 3.05) is 5.32 Å². The Morgan fingerprint density at radius 2 is 1.84 bits per heavy atom. The first-order chi connectivity index (χ1) is 8.86. The lowest BCUT2D eigenvalue weighted by atomic mass is 10.3. The molecule has 0 unspecified atom stereocenters. The van der Waals surface area contributed by atoms with Crippen molar-refractivity contribution in [2.24, 2.45) is 5.14 Å². The molecule has 0 radical (unpaired) electrons. The molecule has 0 aliphatic heterocycles. The van der Waals surface area contributed by atoms with Crippen LogP contribution in [0, 0.1) is 0 Å². The predicted octanol–water partition coefficient (Wildman–Crippen LogP) is 0.352. The van der Waals surface area contributed by atoms with E-state index >= 15 is 0 Å². The molecule has 0 bridgehead atoms. The van der Waals surface area contributed by atoms with Crippen molar-refractivity contribution in [2.45, 2.75) is 23.8 Å². The van der Waals surface area contributed by atoms with Crippen LogP contribution in [0.3, 0.4) is 0 Å². The van der Waals surface area contributed by atoms with Gasteiger partial charge in [-0.3, -0.25) is 4.79 Å². The van der Waals surface area contributed by atoms with Crippen molar-refractivity contribution in [1.29, 1.82) is 0 Å². The summed E-state index contributed by atoms with van der Waals surface area (Å²) in [7, 11) is -3.72. The number of anilines is 1. The Kier molecular flexibility index (Phi) is 3.83. The van der Waals surface area contributed by atoms with Gasteiger partial charge in [0, 0.05) is 11.7 Å². The van der Waals surface area contributed by atoms with Crippen LogP contribution >= 0.6 is 12.2 Å². The fourth-order valence-electron chi connectivity index (χ4n) is 1.39. The lowest BCUT2D eigenvalue weighted by Gasteiger charge is -2.08. The van der Waals surface area contributed by atoms with Gasteiger partial charge in [-0.25, -0.2) is 13.6 Å². The van der Waals surface area contributed by atoms with Crippen LogP contribution in [-0.4, -0.2) is 25.4 Å². The Balaban J connectivity index is 1.98. The van der Waals surface area contributed by atoms with Gasteiger partial charge in [-0.15, -0.1) is 0 Å². The van der Waals surface area contributed by atoms with E-state index < -0.39 is 15.9 Å². The first kappa shape index (κ1) is 13.9. The summed E-state index contributed by atoms with van der Waals surface area (Å²) in [6, 6.07) is 5.86. The van der Waals surface area contributed by atoms with Crippen LogP contribution in [0.4, 0.5) is 5.69 Å². The van der Waals surface area contributed by atoms with Gasteiger partial charge in [-0.1, -0.05) is 12.2 Å². The van der Waals surface area contributed by atoms with E-state index in [-0.39, 0.29) is 9.88 Å².